The topological polar surface area (TPSA) is 36.4 Å². The zero-order valence-corrected chi connectivity index (χ0v) is 16.9. The number of alkyl halides is 3. The molecule has 2 aliphatic heterocycles. The number of rotatable bonds is 4. The van der Waals surface area contributed by atoms with E-state index in [0.717, 1.165) is 69.6 Å². The van der Waals surface area contributed by atoms with Gasteiger partial charge in [-0.05, 0) is 44.4 Å². The quantitative estimate of drug-likeness (QED) is 0.708. The first-order chi connectivity index (χ1) is 13.9. The van der Waals surface area contributed by atoms with Gasteiger partial charge in [0.25, 0.3) is 0 Å². The number of aromatic nitrogens is 1. The molecule has 29 heavy (non-hydrogen) atoms. The Labute approximate surface area is 172 Å². The number of halogens is 3. The van der Waals surface area contributed by atoms with Crippen LogP contribution in [0.15, 0.2) is 29.6 Å². The van der Waals surface area contributed by atoms with Crippen LogP contribution in [0.2, 0.25) is 0 Å². The molecule has 0 N–H and O–H groups in total. The van der Waals surface area contributed by atoms with Crippen molar-refractivity contribution in [2.45, 2.75) is 50.9 Å². The molecule has 0 saturated carbocycles. The Kier molecular flexibility index (Phi) is 5.92. The zero-order chi connectivity index (χ0) is 20.4. The highest BCUT2D eigenvalue weighted by molar-refractivity contribution is 7.13. The fourth-order valence-corrected chi connectivity index (χ4v) is 4.95. The normalized spacial score (nSPS) is 20.9. The van der Waals surface area contributed by atoms with Crippen molar-refractivity contribution in [3.8, 4) is 10.6 Å². The van der Waals surface area contributed by atoms with E-state index in [4.69, 9.17) is 0 Å². The van der Waals surface area contributed by atoms with E-state index in [2.05, 4.69) is 9.88 Å². The van der Waals surface area contributed by atoms with Crippen LogP contribution in [0.5, 0.6) is 0 Å². The van der Waals surface area contributed by atoms with Crippen LogP contribution in [-0.2, 0) is 17.5 Å². The second-order valence-corrected chi connectivity index (χ2v) is 8.59. The van der Waals surface area contributed by atoms with Crippen molar-refractivity contribution in [3.05, 3.63) is 40.9 Å². The van der Waals surface area contributed by atoms with E-state index in [9.17, 15) is 18.0 Å². The second-order valence-electron chi connectivity index (χ2n) is 7.73. The molecule has 1 aromatic carbocycles. The Morgan fingerprint density at radius 2 is 1.76 bits per heavy atom. The predicted molar refractivity (Wildman–Crippen MR) is 106 cm³/mol. The number of carbonyl (C=O) groups excluding carboxylic acids is 1. The van der Waals surface area contributed by atoms with Crippen molar-refractivity contribution in [3.63, 3.8) is 0 Å². The predicted octanol–water partition coefficient (Wildman–Crippen LogP) is 4.81. The van der Waals surface area contributed by atoms with Gasteiger partial charge in [-0.25, -0.2) is 4.98 Å². The Bertz CT molecular complexity index is 844. The molecule has 1 unspecified atom stereocenters. The van der Waals surface area contributed by atoms with Crippen LogP contribution in [-0.4, -0.2) is 46.4 Å². The second kappa shape index (κ2) is 8.44. The highest BCUT2D eigenvalue weighted by Gasteiger charge is 2.33. The lowest BCUT2D eigenvalue weighted by Crippen LogP contribution is -2.49. The van der Waals surface area contributed by atoms with Crippen molar-refractivity contribution in [1.29, 1.82) is 0 Å². The largest absolute Gasteiger partial charge is 0.416 e. The Morgan fingerprint density at radius 3 is 2.45 bits per heavy atom. The van der Waals surface area contributed by atoms with E-state index in [1.54, 1.807) is 0 Å². The van der Waals surface area contributed by atoms with Gasteiger partial charge in [-0.3, -0.25) is 9.69 Å². The standard InChI is InChI=1S/C21H24F3N3OS/c22-21(23,24)16-8-6-15(7-9-16)19-25-17(14-29-19)13-27-12-2-1-5-18(27)20(28)26-10-3-4-11-26/h6-9,14,18H,1-5,10-13H2. The van der Waals surface area contributed by atoms with Crippen molar-refractivity contribution in [2.75, 3.05) is 19.6 Å². The molecule has 4 nitrogen and oxygen atoms in total. The molecular formula is C21H24F3N3OS. The minimum absolute atomic E-state index is 0.0851. The molecule has 2 aliphatic rings. The summed E-state index contributed by atoms with van der Waals surface area (Å²) in [6.07, 6.45) is 0.847. The maximum Gasteiger partial charge on any atom is 0.416 e. The maximum atomic E-state index is 12.9. The summed E-state index contributed by atoms with van der Waals surface area (Å²) in [7, 11) is 0. The van der Waals surface area contributed by atoms with E-state index in [0.29, 0.717) is 17.1 Å². The molecule has 0 bridgehead atoms. The smallest absolute Gasteiger partial charge is 0.341 e. The van der Waals surface area contributed by atoms with E-state index < -0.39 is 11.7 Å². The van der Waals surface area contributed by atoms with Crippen LogP contribution in [0.3, 0.4) is 0 Å². The molecule has 0 radical (unpaired) electrons. The van der Waals surface area contributed by atoms with Crippen molar-refractivity contribution >= 4 is 17.2 Å². The number of piperidine rings is 1. The Balaban J connectivity index is 1.45. The minimum atomic E-state index is -4.34. The third-order valence-electron chi connectivity index (χ3n) is 5.69. The number of hydrogen-bond acceptors (Lipinski definition) is 4. The third kappa shape index (κ3) is 4.64. The molecule has 1 amide bonds. The maximum absolute atomic E-state index is 12.9. The van der Waals surface area contributed by atoms with Gasteiger partial charge in [-0.1, -0.05) is 18.6 Å². The SMILES string of the molecule is O=C(C1CCCCN1Cc1csc(-c2ccc(C(F)(F)F)cc2)n1)N1CCCC1. The summed E-state index contributed by atoms with van der Waals surface area (Å²) in [5.74, 6) is 0.236. The van der Waals surface area contributed by atoms with Gasteiger partial charge in [0.1, 0.15) is 5.01 Å². The molecule has 1 atom stereocenters. The molecule has 3 heterocycles. The highest BCUT2D eigenvalue weighted by atomic mass is 32.1. The fourth-order valence-electron chi connectivity index (χ4n) is 4.13. The highest BCUT2D eigenvalue weighted by Crippen LogP contribution is 2.32. The van der Waals surface area contributed by atoms with Crippen LogP contribution in [0.1, 0.15) is 43.4 Å². The van der Waals surface area contributed by atoms with Gasteiger partial charge in [0, 0.05) is 30.6 Å². The molecule has 0 spiro atoms. The Morgan fingerprint density at radius 1 is 1.07 bits per heavy atom. The lowest BCUT2D eigenvalue weighted by molar-refractivity contribution is -0.138. The summed E-state index contributed by atoms with van der Waals surface area (Å²) in [5.41, 5.74) is 0.887. The summed E-state index contributed by atoms with van der Waals surface area (Å²) < 4.78 is 38.3. The van der Waals surface area contributed by atoms with Crippen molar-refractivity contribution in [2.24, 2.45) is 0 Å². The van der Waals surface area contributed by atoms with E-state index in [1.807, 2.05) is 10.3 Å². The summed E-state index contributed by atoms with van der Waals surface area (Å²) in [4.78, 5) is 21.7. The van der Waals surface area contributed by atoms with Gasteiger partial charge in [-0.2, -0.15) is 13.2 Å². The molecule has 2 saturated heterocycles. The Hall–Kier alpha value is -1.93. The van der Waals surface area contributed by atoms with Gasteiger partial charge in [0.2, 0.25) is 5.91 Å². The van der Waals surface area contributed by atoms with E-state index in [1.165, 1.54) is 23.5 Å². The summed E-state index contributed by atoms with van der Waals surface area (Å²) in [6, 6.07) is 5.02. The lowest BCUT2D eigenvalue weighted by atomic mass is 10.0. The van der Waals surface area contributed by atoms with Crippen LogP contribution in [0.25, 0.3) is 10.6 Å². The zero-order valence-electron chi connectivity index (χ0n) is 16.1. The van der Waals surface area contributed by atoms with Crippen molar-refractivity contribution in [1.82, 2.24) is 14.8 Å². The monoisotopic (exact) mass is 423 g/mol. The van der Waals surface area contributed by atoms with Gasteiger partial charge in [0.15, 0.2) is 0 Å². The number of amides is 1. The minimum Gasteiger partial charge on any atom is -0.341 e. The molecule has 8 heteroatoms. The summed E-state index contributed by atoms with van der Waals surface area (Å²) in [6.45, 7) is 3.19. The van der Waals surface area contributed by atoms with Gasteiger partial charge in [-0.15, -0.1) is 11.3 Å². The molecule has 2 aromatic rings. The molecule has 0 aliphatic carbocycles. The first-order valence-corrected chi connectivity index (χ1v) is 10.9. The van der Waals surface area contributed by atoms with Gasteiger partial charge in [0.05, 0.1) is 17.3 Å². The number of benzene rings is 1. The third-order valence-corrected chi connectivity index (χ3v) is 6.63. The van der Waals surface area contributed by atoms with Crippen LogP contribution in [0.4, 0.5) is 13.2 Å². The number of thiazole rings is 1. The van der Waals surface area contributed by atoms with E-state index >= 15 is 0 Å². The summed E-state index contributed by atoms with van der Waals surface area (Å²) in [5, 5.41) is 2.65. The number of likely N-dealkylation sites (tertiary alicyclic amines) is 2. The first-order valence-electron chi connectivity index (χ1n) is 10.1. The lowest BCUT2D eigenvalue weighted by Gasteiger charge is -2.36. The van der Waals surface area contributed by atoms with Crippen LogP contribution in [0, 0.1) is 0 Å². The average Bonchev–Trinajstić information content (AvgIpc) is 3.40. The van der Waals surface area contributed by atoms with Crippen LogP contribution >= 0.6 is 11.3 Å². The average molecular weight is 424 g/mol. The molecular weight excluding hydrogens is 399 g/mol. The molecule has 1 aromatic heterocycles. The number of hydrogen-bond donors (Lipinski definition) is 0. The number of nitrogens with zero attached hydrogens (tertiary/aromatic N) is 3. The van der Waals surface area contributed by atoms with Crippen LogP contribution < -0.4 is 0 Å². The molecule has 2 fully saturated rings. The fraction of sp³-hybridized carbons (Fsp3) is 0.524. The van der Waals surface area contributed by atoms with Crippen molar-refractivity contribution < 1.29 is 18.0 Å². The summed E-state index contributed by atoms with van der Waals surface area (Å²) >= 11 is 1.43. The molecule has 4 rings (SSSR count). The van der Waals surface area contributed by atoms with Gasteiger partial charge >= 0.3 is 6.18 Å². The van der Waals surface area contributed by atoms with Gasteiger partial charge < -0.3 is 4.90 Å². The number of carbonyl (C=O) groups is 1. The first kappa shape index (κ1) is 20.3. The molecule has 156 valence electrons. The van der Waals surface area contributed by atoms with E-state index in [-0.39, 0.29) is 11.9 Å².